The first kappa shape index (κ1) is 19.5. The Bertz CT molecular complexity index is 1170. The van der Waals surface area contributed by atoms with E-state index in [2.05, 4.69) is 11.4 Å². The Morgan fingerprint density at radius 1 is 1.18 bits per heavy atom. The molecule has 3 aromatic rings. The van der Waals surface area contributed by atoms with Gasteiger partial charge in [0.25, 0.3) is 5.91 Å². The van der Waals surface area contributed by atoms with E-state index in [1.807, 2.05) is 41.1 Å². The second kappa shape index (κ2) is 8.63. The van der Waals surface area contributed by atoms with Gasteiger partial charge in [0.2, 0.25) is 0 Å². The van der Waals surface area contributed by atoms with Gasteiger partial charge in [-0.15, -0.1) is 0 Å². The van der Waals surface area contributed by atoms with E-state index in [-0.39, 0.29) is 10.6 Å². The van der Waals surface area contributed by atoms with Crippen LogP contribution in [0.3, 0.4) is 0 Å². The number of carbonyl (C=O) groups excluding carboxylic acids is 1. The molecule has 0 aliphatic heterocycles. The highest BCUT2D eigenvalue weighted by atomic mass is 35.5. The molecule has 5 nitrogen and oxygen atoms in total. The third-order valence-electron chi connectivity index (χ3n) is 4.13. The molecule has 0 aliphatic rings. The normalized spacial score (nSPS) is 11.1. The molecule has 138 valence electrons. The summed E-state index contributed by atoms with van der Waals surface area (Å²) in [5.74, 6) is -0.569. The minimum absolute atomic E-state index is 0.0609. The van der Waals surface area contributed by atoms with Crippen molar-refractivity contribution < 1.29 is 4.79 Å². The molecule has 0 spiro atoms. The number of rotatable bonds is 5. The molecule has 0 aliphatic carbocycles. The predicted molar refractivity (Wildman–Crippen MR) is 111 cm³/mol. The summed E-state index contributed by atoms with van der Waals surface area (Å²) < 4.78 is 1.94. The van der Waals surface area contributed by atoms with E-state index in [9.17, 15) is 10.1 Å². The Labute approximate surface area is 172 Å². The van der Waals surface area contributed by atoms with Crippen LogP contribution in [0.25, 0.3) is 17.0 Å². The van der Waals surface area contributed by atoms with Crippen LogP contribution >= 0.6 is 23.2 Å². The van der Waals surface area contributed by atoms with Crippen molar-refractivity contribution in [2.24, 2.45) is 0 Å². The number of nitriles is 2. The van der Waals surface area contributed by atoms with Crippen molar-refractivity contribution in [2.75, 3.05) is 5.32 Å². The monoisotopic (exact) mass is 408 g/mol. The Morgan fingerprint density at radius 2 is 1.96 bits per heavy atom. The number of amides is 1. The van der Waals surface area contributed by atoms with E-state index in [0.29, 0.717) is 23.7 Å². The fraction of sp³-hybridized carbons (Fsp3) is 0.0952. The maximum absolute atomic E-state index is 12.6. The first-order valence-electron chi connectivity index (χ1n) is 8.36. The average Bonchev–Trinajstić information content (AvgIpc) is 3.04. The topological polar surface area (TPSA) is 81.6 Å². The van der Waals surface area contributed by atoms with Crippen LogP contribution in [0, 0.1) is 22.7 Å². The molecule has 0 radical (unpaired) electrons. The van der Waals surface area contributed by atoms with Crippen molar-refractivity contribution in [3.05, 3.63) is 69.8 Å². The number of hydrogen-bond acceptors (Lipinski definition) is 3. The van der Waals surface area contributed by atoms with Crippen LogP contribution in [-0.4, -0.2) is 10.5 Å². The quantitative estimate of drug-likeness (QED) is 0.452. The summed E-state index contributed by atoms with van der Waals surface area (Å²) in [5.41, 5.74) is 1.97. The highest BCUT2D eigenvalue weighted by molar-refractivity contribution is 6.37. The van der Waals surface area contributed by atoms with E-state index in [4.69, 9.17) is 28.5 Å². The molecule has 2 aromatic carbocycles. The maximum atomic E-state index is 12.6. The Kier molecular flexibility index (Phi) is 6.01. The summed E-state index contributed by atoms with van der Waals surface area (Å²) in [6, 6.07) is 16.4. The molecule has 0 saturated heterocycles. The molecule has 0 unspecified atom stereocenters. The fourth-order valence-corrected chi connectivity index (χ4v) is 3.29. The first-order chi connectivity index (χ1) is 13.5. The molecule has 3 rings (SSSR count). The Morgan fingerprint density at radius 3 is 2.68 bits per heavy atom. The Balaban J connectivity index is 1.95. The van der Waals surface area contributed by atoms with Gasteiger partial charge in [0.15, 0.2) is 0 Å². The number of carbonyl (C=O) groups is 1. The van der Waals surface area contributed by atoms with Crippen LogP contribution in [0.15, 0.2) is 54.2 Å². The van der Waals surface area contributed by atoms with Crippen molar-refractivity contribution in [1.82, 2.24) is 4.57 Å². The number of aryl methyl sites for hydroxylation is 1. The van der Waals surface area contributed by atoms with Crippen LogP contribution in [0.1, 0.15) is 12.0 Å². The van der Waals surface area contributed by atoms with Gasteiger partial charge in [0.05, 0.1) is 23.2 Å². The van der Waals surface area contributed by atoms with Gasteiger partial charge in [-0.25, -0.2) is 0 Å². The molecule has 1 N–H and O–H groups in total. The standard InChI is InChI=1S/C21H14Cl2N4O/c22-16-6-7-19(18(23)11-16)26-21(28)14(12-25)10-15-13-27(9-3-8-24)20-5-2-1-4-17(15)20/h1-2,4-7,10-11,13H,3,9H2,(H,26,28)/b14-10+. The van der Waals surface area contributed by atoms with Crippen molar-refractivity contribution in [3.8, 4) is 12.1 Å². The summed E-state index contributed by atoms with van der Waals surface area (Å²) in [5, 5.41) is 22.6. The summed E-state index contributed by atoms with van der Waals surface area (Å²) in [4.78, 5) is 12.6. The molecular formula is C21H14Cl2N4O. The van der Waals surface area contributed by atoms with Gasteiger partial charge < -0.3 is 9.88 Å². The van der Waals surface area contributed by atoms with Gasteiger partial charge >= 0.3 is 0 Å². The highest BCUT2D eigenvalue weighted by Crippen LogP contribution is 2.27. The van der Waals surface area contributed by atoms with Crippen LogP contribution in [0.4, 0.5) is 5.69 Å². The van der Waals surface area contributed by atoms with E-state index in [1.54, 1.807) is 12.1 Å². The molecule has 28 heavy (non-hydrogen) atoms. The number of fused-ring (bicyclic) bond motifs is 1. The van der Waals surface area contributed by atoms with Crippen molar-refractivity contribution in [2.45, 2.75) is 13.0 Å². The van der Waals surface area contributed by atoms with Gasteiger partial charge in [-0.05, 0) is 30.3 Å². The highest BCUT2D eigenvalue weighted by Gasteiger charge is 2.14. The molecule has 0 atom stereocenters. The average molecular weight is 409 g/mol. The maximum Gasteiger partial charge on any atom is 0.266 e. The van der Waals surface area contributed by atoms with E-state index in [0.717, 1.165) is 16.5 Å². The number of nitrogens with one attached hydrogen (secondary N) is 1. The van der Waals surface area contributed by atoms with E-state index in [1.165, 1.54) is 12.1 Å². The zero-order chi connectivity index (χ0) is 20.1. The van der Waals surface area contributed by atoms with Crippen molar-refractivity contribution in [3.63, 3.8) is 0 Å². The third kappa shape index (κ3) is 4.18. The third-order valence-corrected chi connectivity index (χ3v) is 4.68. The molecule has 0 fully saturated rings. The Hall–Kier alpha value is -3.25. The number of nitrogens with zero attached hydrogens (tertiary/aromatic N) is 3. The lowest BCUT2D eigenvalue weighted by Gasteiger charge is -2.06. The second-order valence-corrected chi connectivity index (χ2v) is 6.79. The minimum Gasteiger partial charge on any atom is -0.346 e. The summed E-state index contributed by atoms with van der Waals surface area (Å²) >= 11 is 11.9. The van der Waals surface area contributed by atoms with Gasteiger partial charge in [-0.3, -0.25) is 4.79 Å². The molecular weight excluding hydrogens is 395 g/mol. The molecule has 0 bridgehead atoms. The molecule has 7 heteroatoms. The zero-order valence-electron chi connectivity index (χ0n) is 14.6. The lowest BCUT2D eigenvalue weighted by atomic mass is 10.1. The van der Waals surface area contributed by atoms with Crippen molar-refractivity contribution in [1.29, 1.82) is 10.5 Å². The number of anilines is 1. The zero-order valence-corrected chi connectivity index (χ0v) is 16.1. The lowest BCUT2D eigenvalue weighted by molar-refractivity contribution is -0.112. The first-order valence-corrected chi connectivity index (χ1v) is 9.12. The fourth-order valence-electron chi connectivity index (χ4n) is 2.83. The van der Waals surface area contributed by atoms with Crippen molar-refractivity contribution >= 4 is 51.8 Å². The number of aromatic nitrogens is 1. The SMILES string of the molecule is N#CCCn1cc(/C=C(\C#N)C(=O)Nc2ccc(Cl)cc2Cl)c2ccccc21. The molecule has 1 aromatic heterocycles. The van der Waals surface area contributed by atoms with Gasteiger partial charge in [0.1, 0.15) is 11.6 Å². The largest absolute Gasteiger partial charge is 0.346 e. The van der Waals surface area contributed by atoms with Gasteiger partial charge in [0, 0.05) is 34.2 Å². The number of para-hydroxylation sites is 1. The minimum atomic E-state index is -0.569. The second-order valence-electron chi connectivity index (χ2n) is 5.95. The molecule has 1 heterocycles. The summed E-state index contributed by atoms with van der Waals surface area (Å²) in [6.07, 6.45) is 3.73. The van der Waals surface area contributed by atoms with Crippen LogP contribution < -0.4 is 5.32 Å². The number of hydrogen-bond donors (Lipinski definition) is 1. The number of halogens is 2. The molecule has 0 saturated carbocycles. The van der Waals surface area contributed by atoms with Crippen LogP contribution in [0.2, 0.25) is 10.0 Å². The summed E-state index contributed by atoms with van der Waals surface area (Å²) in [6.45, 7) is 0.527. The van der Waals surface area contributed by atoms with E-state index < -0.39 is 5.91 Å². The predicted octanol–water partition coefficient (Wildman–Crippen LogP) is 5.41. The lowest BCUT2D eigenvalue weighted by Crippen LogP contribution is -2.13. The smallest absolute Gasteiger partial charge is 0.266 e. The number of benzene rings is 2. The van der Waals surface area contributed by atoms with Crippen LogP contribution in [-0.2, 0) is 11.3 Å². The van der Waals surface area contributed by atoms with Gasteiger partial charge in [-0.1, -0.05) is 41.4 Å². The van der Waals surface area contributed by atoms with Crippen LogP contribution in [0.5, 0.6) is 0 Å². The van der Waals surface area contributed by atoms with Gasteiger partial charge in [-0.2, -0.15) is 10.5 Å². The summed E-state index contributed by atoms with van der Waals surface area (Å²) in [7, 11) is 0. The molecule has 1 amide bonds. The van der Waals surface area contributed by atoms with E-state index >= 15 is 0 Å².